The van der Waals surface area contributed by atoms with Gasteiger partial charge in [0, 0.05) is 30.0 Å². The zero-order chi connectivity index (χ0) is 37.4. The van der Waals surface area contributed by atoms with Crippen molar-refractivity contribution in [1.82, 2.24) is 25.2 Å². The summed E-state index contributed by atoms with van der Waals surface area (Å²) in [5.41, 5.74) is -1.81. The molecular weight excluding hydrogens is 694 g/mol. The van der Waals surface area contributed by atoms with Gasteiger partial charge in [-0.25, -0.2) is 9.52 Å². The summed E-state index contributed by atoms with van der Waals surface area (Å²) >= 11 is 0. The Morgan fingerprint density at radius 1 is 1.06 bits per heavy atom. The van der Waals surface area contributed by atoms with Crippen LogP contribution in [0.5, 0.6) is 11.5 Å². The van der Waals surface area contributed by atoms with Gasteiger partial charge in [-0.2, -0.15) is 8.42 Å². The van der Waals surface area contributed by atoms with Crippen LogP contribution >= 0.6 is 0 Å². The molecule has 16 heteroatoms. The van der Waals surface area contributed by atoms with Crippen LogP contribution in [0.1, 0.15) is 72.1 Å². The van der Waals surface area contributed by atoms with Gasteiger partial charge in [0.2, 0.25) is 11.8 Å². The van der Waals surface area contributed by atoms with E-state index in [2.05, 4.69) is 22.2 Å². The zero-order valence-corrected chi connectivity index (χ0v) is 30.7. The van der Waals surface area contributed by atoms with Crippen molar-refractivity contribution in [1.29, 1.82) is 0 Å². The Bertz CT molecular complexity index is 1840. The molecule has 4 amide bonds. The number of hydrogen-bond acceptors (Lipinski definition) is 11. The molecule has 6 rings (SSSR count). The predicted octanol–water partition coefficient (Wildman–Crippen LogP) is 3.28. The number of nitrogens with zero attached hydrogens (tertiary/aromatic N) is 2. The van der Waals surface area contributed by atoms with Gasteiger partial charge in [-0.15, -0.1) is 6.58 Å². The van der Waals surface area contributed by atoms with E-state index in [1.807, 2.05) is 4.72 Å². The quantitative estimate of drug-likeness (QED) is 0.256. The fourth-order valence-electron chi connectivity index (χ4n) is 6.92. The Balaban J connectivity index is 1.26. The molecule has 282 valence electrons. The number of carbonyl (C=O) groups excluding carboxylic acids is 4. The SMILES string of the molecule is C=C[C@H]1C[C@]1(NC(=O)C1CC(Oc2ccnc3cc(OC)ccc23)CN1C(=O)[C@@H](NC(=O)OC1CCCC1)C(C)(C)C)C(=O)NS(=O)(=O)OC1CC1. The molecular formula is C36H47N5O10S. The molecule has 1 aromatic heterocycles. The number of amides is 4. The maximum absolute atomic E-state index is 14.5. The molecule has 0 bridgehead atoms. The molecule has 2 unspecified atom stereocenters. The third-order valence-corrected chi connectivity index (χ3v) is 11.0. The van der Waals surface area contributed by atoms with Gasteiger partial charge in [0.05, 0.1) is 25.3 Å². The van der Waals surface area contributed by atoms with E-state index >= 15 is 0 Å². The first kappa shape index (κ1) is 37.3. The van der Waals surface area contributed by atoms with Gasteiger partial charge in [0.15, 0.2) is 0 Å². The van der Waals surface area contributed by atoms with Crippen molar-refractivity contribution in [2.24, 2.45) is 11.3 Å². The Hall–Kier alpha value is -4.44. The molecule has 4 aliphatic rings. The Morgan fingerprint density at radius 3 is 2.42 bits per heavy atom. The van der Waals surface area contributed by atoms with Crippen LogP contribution in [0.2, 0.25) is 0 Å². The smallest absolute Gasteiger partial charge is 0.408 e. The van der Waals surface area contributed by atoms with Crippen LogP contribution in [0.3, 0.4) is 0 Å². The van der Waals surface area contributed by atoms with Crippen LogP contribution in [-0.2, 0) is 33.6 Å². The number of methoxy groups -OCH3 is 1. The number of ether oxygens (including phenoxy) is 3. The fourth-order valence-corrected chi connectivity index (χ4v) is 7.93. The molecule has 1 aromatic carbocycles. The Labute approximate surface area is 303 Å². The largest absolute Gasteiger partial charge is 0.497 e. The third-order valence-electron chi connectivity index (χ3n) is 10.1. The molecule has 1 saturated heterocycles. The number of rotatable bonds is 13. The van der Waals surface area contributed by atoms with Crippen molar-refractivity contribution in [2.75, 3.05) is 13.7 Å². The van der Waals surface area contributed by atoms with Gasteiger partial charge in [-0.1, -0.05) is 26.8 Å². The number of fused-ring (bicyclic) bond motifs is 1. The molecule has 3 aliphatic carbocycles. The van der Waals surface area contributed by atoms with Crippen molar-refractivity contribution in [3.05, 3.63) is 43.1 Å². The van der Waals surface area contributed by atoms with Crippen LogP contribution in [0.15, 0.2) is 43.1 Å². The lowest BCUT2D eigenvalue weighted by Gasteiger charge is -2.35. The number of carbonyl (C=O) groups is 4. The average Bonchev–Trinajstić information content (AvgIpc) is 3.92. The molecule has 4 fully saturated rings. The maximum atomic E-state index is 14.5. The first-order chi connectivity index (χ1) is 24.6. The second-order valence-corrected chi connectivity index (χ2v) is 16.4. The lowest BCUT2D eigenvalue weighted by molar-refractivity contribution is -0.143. The number of alkyl carbamates (subject to hydrolysis) is 1. The highest BCUT2D eigenvalue weighted by Gasteiger charge is 2.62. The number of hydrogen-bond donors (Lipinski definition) is 3. The second-order valence-electron chi connectivity index (χ2n) is 15.1. The minimum Gasteiger partial charge on any atom is -0.497 e. The highest BCUT2D eigenvalue weighted by molar-refractivity contribution is 7.85. The van der Waals surface area contributed by atoms with Crippen LogP contribution in [0.25, 0.3) is 10.9 Å². The standard InChI is InChI=1S/C36H47N5O10S/c1-6-21-19-36(21,33(44)40-52(46,47)51-23-11-12-23)39-31(42)28-18-25(49-29-15-16-37-27-17-24(48-5)13-14-26(27)29)20-41(28)32(43)30(35(2,3)4)38-34(45)50-22-9-7-8-10-22/h6,13-17,21-23,25,28,30H,1,7-12,18-20H2,2-5H3,(H,38,45)(H,39,42)(H,40,44)/t21-,25?,28?,30+,36+/m0/s1. The molecule has 0 radical (unpaired) electrons. The molecule has 0 spiro atoms. The predicted molar refractivity (Wildman–Crippen MR) is 188 cm³/mol. The molecule has 15 nitrogen and oxygen atoms in total. The van der Waals surface area contributed by atoms with Gasteiger partial charge in [0.25, 0.3) is 5.91 Å². The van der Waals surface area contributed by atoms with Crippen molar-refractivity contribution in [3.63, 3.8) is 0 Å². The van der Waals surface area contributed by atoms with Crippen molar-refractivity contribution in [3.8, 4) is 11.5 Å². The molecule has 2 aromatic rings. The van der Waals surface area contributed by atoms with E-state index in [1.165, 1.54) is 11.0 Å². The molecule has 1 aliphatic heterocycles. The minimum atomic E-state index is -4.42. The number of aromatic nitrogens is 1. The van der Waals surface area contributed by atoms with Gasteiger partial charge < -0.3 is 29.7 Å². The highest BCUT2D eigenvalue weighted by Crippen LogP contribution is 2.45. The number of likely N-dealkylation sites (tertiary alicyclic amines) is 1. The minimum absolute atomic E-state index is 0.0282. The lowest BCUT2D eigenvalue weighted by Crippen LogP contribution is -2.60. The zero-order valence-electron chi connectivity index (χ0n) is 29.9. The highest BCUT2D eigenvalue weighted by atomic mass is 32.2. The molecule has 5 atom stereocenters. The summed E-state index contributed by atoms with van der Waals surface area (Å²) in [6.07, 6.45) is 5.59. The topological polar surface area (TPSA) is 192 Å². The van der Waals surface area contributed by atoms with Gasteiger partial charge in [-0.3, -0.25) is 23.6 Å². The first-order valence-corrected chi connectivity index (χ1v) is 19.1. The Kier molecular flexibility index (Phi) is 10.4. The maximum Gasteiger partial charge on any atom is 0.408 e. The van der Waals surface area contributed by atoms with Gasteiger partial charge in [0.1, 0.15) is 41.3 Å². The van der Waals surface area contributed by atoms with Crippen LogP contribution in [-0.4, -0.2) is 91.7 Å². The van der Waals surface area contributed by atoms with E-state index in [0.29, 0.717) is 35.2 Å². The van der Waals surface area contributed by atoms with E-state index in [4.69, 9.17) is 18.4 Å². The third kappa shape index (κ3) is 8.27. The summed E-state index contributed by atoms with van der Waals surface area (Å²) in [7, 11) is -2.87. The number of benzene rings is 1. The molecule has 52 heavy (non-hydrogen) atoms. The fraction of sp³-hybridized carbons (Fsp3) is 0.583. The normalized spacial score (nSPS) is 25.2. The van der Waals surface area contributed by atoms with Crippen LogP contribution < -0.4 is 24.8 Å². The monoisotopic (exact) mass is 741 g/mol. The number of pyridine rings is 1. The second kappa shape index (κ2) is 14.5. The summed E-state index contributed by atoms with van der Waals surface area (Å²) in [4.78, 5) is 61.0. The summed E-state index contributed by atoms with van der Waals surface area (Å²) in [6, 6.07) is 4.79. The van der Waals surface area contributed by atoms with E-state index in [-0.39, 0.29) is 25.5 Å². The number of nitrogens with one attached hydrogen (secondary N) is 3. The lowest BCUT2D eigenvalue weighted by atomic mass is 9.85. The van der Waals surface area contributed by atoms with E-state index in [0.717, 1.165) is 25.7 Å². The van der Waals surface area contributed by atoms with E-state index < -0.39 is 75.3 Å². The molecule has 2 heterocycles. The first-order valence-electron chi connectivity index (χ1n) is 17.7. The summed E-state index contributed by atoms with van der Waals surface area (Å²) in [5.74, 6) is -1.67. The Morgan fingerprint density at radius 2 is 1.79 bits per heavy atom. The molecule has 3 N–H and O–H groups in total. The summed E-state index contributed by atoms with van der Waals surface area (Å²) < 4.78 is 49.4. The van der Waals surface area contributed by atoms with Crippen LogP contribution in [0, 0.1) is 11.3 Å². The van der Waals surface area contributed by atoms with Crippen molar-refractivity contribution >= 4 is 45.0 Å². The van der Waals surface area contributed by atoms with E-state index in [1.54, 1.807) is 58.3 Å². The summed E-state index contributed by atoms with van der Waals surface area (Å²) in [6.45, 7) is 9.11. The van der Waals surface area contributed by atoms with E-state index in [9.17, 15) is 27.6 Å². The van der Waals surface area contributed by atoms with Crippen LogP contribution in [0.4, 0.5) is 4.79 Å². The van der Waals surface area contributed by atoms with Crippen molar-refractivity contribution in [2.45, 2.75) is 108 Å². The van der Waals surface area contributed by atoms with Gasteiger partial charge >= 0.3 is 16.4 Å². The molecule has 3 saturated carbocycles. The summed E-state index contributed by atoms with van der Waals surface area (Å²) in [5, 5.41) is 6.20. The average molecular weight is 742 g/mol. The van der Waals surface area contributed by atoms with Crippen molar-refractivity contribution < 1.29 is 46.0 Å². The van der Waals surface area contributed by atoms with Gasteiger partial charge in [-0.05, 0) is 68.6 Å².